The molecule has 0 bridgehead atoms. The number of carboxylic acids is 1. The average molecular weight is 303 g/mol. The summed E-state index contributed by atoms with van der Waals surface area (Å²) in [5.74, 6) is -0.477. The molecule has 2 rings (SSSR count). The van der Waals surface area contributed by atoms with Crippen LogP contribution in [-0.4, -0.2) is 30.1 Å². The number of amides is 1. The maximum absolute atomic E-state index is 12.0. The third kappa shape index (κ3) is 3.28. The monoisotopic (exact) mass is 303 g/mol. The van der Waals surface area contributed by atoms with Crippen LogP contribution in [0.1, 0.15) is 23.9 Å². The van der Waals surface area contributed by atoms with Crippen molar-refractivity contribution in [3.63, 3.8) is 0 Å². The number of carboxylic acid groups (broad SMARTS) is 1. The molecule has 1 heterocycles. The van der Waals surface area contributed by atoms with Crippen LogP contribution >= 0.6 is 0 Å². The number of nitrogens with one attached hydrogen (secondary N) is 1. The largest absolute Gasteiger partial charge is 0.496 e. The van der Waals surface area contributed by atoms with Gasteiger partial charge in [0.25, 0.3) is 5.91 Å². The molecule has 0 unspecified atom stereocenters. The van der Waals surface area contributed by atoms with Crippen LogP contribution in [0.5, 0.6) is 5.75 Å². The fourth-order valence-corrected chi connectivity index (χ4v) is 2.02. The van der Waals surface area contributed by atoms with Crippen molar-refractivity contribution in [2.75, 3.05) is 7.11 Å². The summed E-state index contributed by atoms with van der Waals surface area (Å²) in [7, 11) is 1.55. The standard InChI is InChI=1S/C16H17NO5/c1-3-11(16(19)20)17-15(18)14-9-8-13(22-14)10-6-4-5-7-12(10)21-2/h4-9,11H,3H2,1-2H3,(H,17,18)(H,19,20)/t11-/m0/s1. The van der Waals surface area contributed by atoms with Crippen molar-refractivity contribution >= 4 is 11.9 Å². The number of carbonyl (C=O) groups is 2. The Bertz CT molecular complexity index is 677. The van der Waals surface area contributed by atoms with Gasteiger partial charge in [-0.2, -0.15) is 0 Å². The van der Waals surface area contributed by atoms with Crippen molar-refractivity contribution in [2.45, 2.75) is 19.4 Å². The first-order valence-electron chi connectivity index (χ1n) is 6.83. The highest BCUT2D eigenvalue weighted by Crippen LogP contribution is 2.30. The zero-order valence-electron chi connectivity index (χ0n) is 12.3. The normalized spacial score (nSPS) is 11.7. The Balaban J connectivity index is 2.21. The smallest absolute Gasteiger partial charge is 0.326 e. The van der Waals surface area contributed by atoms with Crippen LogP contribution in [0.25, 0.3) is 11.3 Å². The van der Waals surface area contributed by atoms with Gasteiger partial charge in [-0.25, -0.2) is 4.79 Å². The van der Waals surface area contributed by atoms with Crippen molar-refractivity contribution in [2.24, 2.45) is 0 Å². The maximum atomic E-state index is 12.0. The molecular weight excluding hydrogens is 286 g/mol. The van der Waals surface area contributed by atoms with Gasteiger partial charge in [0, 0.05) is 0 Å². The first-order valence-corrected chi connectivity index (χ1v) is 6.83. The van der Waals surface area contributed by atoms with Crippen molar-refractivity contribution in [3.05, 3.63) is 42.2 Å². The Labute approximate surface area is 127 Å². The highest BCUT2D eigenvalue weighted by Gasteiger charge is 2.21. The van der Waals surface area contributed by atoms with E-state index in [1.54, 1.807) is 26.2 Å². The van der Waals surface area contributed by atoms with Gasteiger partial charge in [-0.3, -0.25) is 4.79 Å². The number of hydrogen-bond acceptors (Lipinski definition) is 4. The molecular formula is C16H17NO5. The lowest BCUT2D eigenvalue weighted by Gasteiger charge is -2.10. The molecule has 1 aromatic carbocycles. The van der Waals surface area contributed by atoms with E-state index < -0.39 is 17.9 Å². The predicted octanol–water partition coefficient (Wildman–Crippen LogP) is 2.55. The summed E-state index contributed by atoms with van der Waals surface area (Å²) < 4.78 is 10.8. The average Bonchev–Trinajstić information content (AvgIpc) is 3.01. The number of hydrogen-bond donors (Lipinski definition) is 2. The molecule has 0 aliphatic carbocycles. The van der Waals surface area contributed by atoms with Gasteiger partial charge < -0.3 is 19.6 Å². The van der Waals surface area contributed by atoms with Crippen LogP contribution in [0, 0.1) is 0 Å². The van der Waals surface area contributed by atoms with E-state index in [1.807, 2.05) is 18.2 Å². The summed E-state index contributed by atoms with van der Waals surface area (Å²) in [6, 6.07) is 9.48. The highest BCUT2D eigenvalue weighted by molar-refractivity contribution is 5.94. The SMILES string of the molecule is CC[C@H](NC(=O)c1ccc(-c2ccccc2OC)o1)C(=O)O. The van der Waals surface area contributed by atoms with Crippen LogP contribution in [0.15, 0.2) is 40.8 Å². The molecule has 0 aliphatic rings. The fraction of sp³-hybridized carbons (Fsp3) is 0.250. The molecule has 0 radical (unpaired) electrons. The van der Waals surface area contributed by atoms with E-state index in [0.29, 0.717) is 23.5 Å². The van der Waals surface area contributed by atoms with Crippen LogP contribution in [-0.2, 0) is 4.79 Å². The lowest BCUT2D eigenvalue weighted by molar-refractivity contribution is -0.139. The van der Waals surface area contributed by atoms with Crippen LogP contribution < -0.4 is 10.1 Å². The summed E-state index contributed by atoms with van der Waals surface area (Å²) in [5, 5.41) is 11.4. The molecule has 1 aromatic heterocycles. The van der Waals surface area contributed by atoms with E-state index in [0.717, 1.165) is 0 Å². The van der Waals surface area contributed by atoms with Gasteiger partial charge in [0.1, 0.15) is 17.6 Å². The van der Waals surface area contributed by atoms with Gasteiger partial charge in [-0.1, -0.05) is 19.1 Å². The Kier molecular flexibility index (Phi) is 4.83. The predicted molar refractivity (Wildman–Crippen MR) is 79.9 cm³/mol. The van der Waals surface area contributed by atoms with Gasteiger partial charge in [0.2, 0.25) is 0 Å². The second-order valence-corrected chi connectivity index (χ2v) is 4.64. The second-order valence-electron chi connectivity index (χ2n) is 4.64. The van der Waals surface area contributed by atoms with Crippen LogP contribution in [0.4, 0.5) is 0 Å². The molecule has 0 aliphatic heterocycles. The van der Waals surface area contributed by atoms with E-state index in [2.05, 4.69) is 5.32 Å². The minimum atomic E-state index is -1.08. The Morgan fingerprint density at radius 1 is 1.27 bits per heavy atom. The maximum Gasteiger partial charge on any atom is 0.326 e. The minimum absolute atomic E-state index is 0.0561. The number of para-hydroxylation sites is 1. The molecule has 6 heteroatoms. The summed E-state index contributed by atoms with van der Waals surface area (Å²) in [4.78, 5) is 23.0. The highest BCUT2D eigenvalue weighted by atomic mass is 16.5. The minimum Gasteiger partial charge on any atom is -0.496 e. The summed E-state index contributed by atoms with van der Waals surface area (Å²) >= 11 is 0. The zero-order chi connectivity index (χ0) is 16.1. The Morgan fingerprint density at radius 3 is 2.64 bits per heavy atom. The summed E-state index contributed by atoms with van der Waals surface area (Å²) in [6.07, 6.45) is 0.293. The Hall–Kier alpha value is -2.76. The molecule has 2 aromatic rings. The van der Waals surface area contributed by atoms with Crippen molar-refractivity contribution < 1.29 is 23.8 Å². The second kappa shape index (κ2) is 6.80. The fourth-order valence-electron chi connectivity index (χ4n) is 2.02. The van der Waals surface area contributed by atoms with Gasteiger partial charge in [0.15, 0.2) is 5.76 Å². The van der Waals surface area contributed by atoms with Gasteiger partial charge in [0.05, 0.1) is 12.7 Å². The third-order valence-corrected chi connectivity index (χ3v) is 3.21. The number of carbonyl (C=O) groups excluding carboxylic acids is 1. The molecule has 6 nitrogen and oxygen atoms in total. The molecule has 0 fully saturated rings. The Morgan fingerprint density at radius 2 is 2.00 bits per heavy atom. The van der Waals surface area contributed by atoms with E-state index in [4.69, 9.17) is 14.3 Å². The molecule has 22 heavy (non-hydrogen) atoms. The molecule has 0 spiro atoms. The number of aliphatic carboxylic acids is 1. The number of benzene rings is 1. The van der Waals surface area contributed by atoms with E-state index in [-0.39, 0.29) is 5.76 Å². The first-order chi connectivity index (χ1) is 10.6. The lowest BCUT2D eigenvalue weighted by atomic mass is 10.1. The lowest BCUT2D eigenvalue weighted by Crippen LogP contribution is -2.40. The molecule has 2 N–H and O–H groups in total. The molecule has 1 amide bonds. The topological polar surface area (TPSA) is 88.8 Å². The zero-order valence-corrected chi connectivity index (χ0v) is 12.3. The number of ether oxygens (including phenoxy) is 1. The number of furan rings is 1. The van der Waals surface area contributed by atoms with E-state index >= 15 is 0 Å². The van der Waals surface area contributed by atoms with Gasteiger partial charge in [-0.05, 0) is 30.7 Å². The molecule has 1 atom stereocenters. The van der Waals surface area contributed by atoms with Crippen molar-refractivity contribution in [3.8, 4) is 17.1 Å². The number of rotatable bonds is 6. The van der Waals surface area contributed by atoms with E-state index in [9.17, 15) is 9.59 Å². The summed E-state index contributed by atoms with van der Waals surface area (Å²) in [6.45, 7) is 1.68. The summed E-state index contributed by atoms with van der Waals surface area (Å²) in [5.41, 5.74) is 0.717. The molecule has 116 valence electrons. The first kappa shape index (κ1) is 15.6. The van der Waals surface area contributed by atoms with Crippen molar-refractivity contribution in [1.29, 1.82) is 0 Å². The third-order valence-electron chi connectivity index (χ3n) is 3.21. The van der Waals surface area contributed by atoms with E-state index in [1.165, 1.54) is 6.07 Å². The van der Waals surface area contributed by atoms with Crippen LogP contribution in [0.3, 0.4) is 0 Å². The molecule has 0 saturated heterocycles. The van der Waals surface area contributed by atoms with Crippen LogP contribution in [0.2, 0.25) is 0 Å². The van der Waals surface area contributed by atoms with Crippen molar-refractivity contribution in [1.82, 2.24) is 5.32 Å². The van der Waals surface area contributed by atoms with Gasteiger partial charge >= 0.3 is 5.97 Å². The van der Waals surface area contributed by atoms with Gasteiger partial charge in [-0.15, -0.1) is 0 Å². The number of methoxy groups -OCH3 is 1. The quantitative estimate of drug-likeness (QED) is 0.856. The molecule has 0 saturated carbocycles.